The van der Waals surface area contributed by atoms with Gasteiger partial charge in [0.25, 0.3) is 17.8 Å². The number of carbonyl (C=O) groups is 2. The molecule has 0 spiro atoms. The third kappa shape index (κ3) is 3.00. The molecule has 2 amide bonds. The summed E-state index contributed by atoms with van der Waals surface area (Å²) >= 11 is 0. The number of amides is 2. The number of hydrogen-bond acceptors (Lipinski definition) is 5. The minimum atomic E-state index is -0.219. The number of ether oxygens (including phenoxy) is 1. The van der Waals surface area contributed by atoms with Crippen LogP contribution >= 0.6 is 0 Å². The van der Waals surface area contributed by atoms with Gasteiger partial charge in [0.15, 0.2) is 0 Å². The van der Waals surface area contributed by atoms with Crippen LogP contribution in [-0.2, 0) is 4.74 Å². The Morgan fingerprint density at radius 3 is 2.47 bits per heavy atom. The lowest BCUT2D eigenvalue weighted by Crippen LogP contribution is -2.45. The van der Waals surface area contributed by atoms with Crippen LogP contribution in [0.5, 0.6) is 0 Å². The summed E-state index contributed by atoms with van der Waals surface area (Å²) in [6.07, 6.45) is 3.62. The van der Waals surface area contributed by atoms with Crippen LogP contribution in [0.2, 0.25) is 0 Å². The molecule has 0 N–H and O–H groups in total. The molecule has 7 nitrogen and oxygen atoms in total. The molecule has 0 radical (unpaired) electrons. The molecule has 3 heterocycles. The van der Waals surface area contributed by atoms with Crippen molar-refractivity contribution in [3.63, 3.8) is 0 Å². The topological polar surface area (TPSA) is 65.5 Å². The van der Waals surface area contributed by atoms with Crippen molar-refractivity contribution in [1.82, 2.24) is 9.80 Å². The van der Waals surface area contributed by atoms with Gasteiger partial charge in [-0.2, -0.15) is 0 Å². The third-order valence-electron chi connectivity index (χ3n) is 6.31. The van der Waals surface area contributed by atoms with Crippen molar-refractivity contribution < 1.29 is 14.3 Å². The van der Waals surface area contributed by atoms with Gasteiger partial charge in [-0.15, -0.1) is 0 Å². The molecule has 2 aromatic carbocycles. The van der Waals surface area contributed by atoms with Crippen LogP contribution in [0.1, 0.15) is 40.0 Å². The second kappa shape index (κ2) is 7.63. The van der Waals surface area contributed by atoms with Crippen molar-refractivity contribution >= 4 is 34.3 Å². The molecule has 156 valence electrons. The third-order valence-corrected chi connectivity index (χ3v) is 6.31. The summed E-state index contributed by atoms with van der Waals surface area (Å²) in [5.41, 5.74) is 2.35. The van der Waals surface area contributed by atoms with E-state index in [1.54, 1.807) is 7.05 Å². The minimum Gasteiger partial charge on any atom is -0.463 e. The van der Waals surface area contributed by atoms with Crippen molar-refractivity contribution in [2.45, 2.75) is 19.3 Å². The number of nitrogens with zero attached hydrogens (tertiary/aromatic N) is 4. The molecule has 2 aromatic rings. The first-order valence-corrected chi connectivity index (χ1v) is 10.7. The highest BCUT2D eigenvalue weighted by Gasteiger charge is 2.34. The molecule has 7 heteroatoms. The highest BCUT2D eigenvalue weighted by molar-refractivity contribution is 6.26. The van der Waals surface area contributed by atoms with Crippen molar-refractivity contribution in [2.24, 2.45) is 4.99 Å². The first-order chi connectivity index (χ1) is 14.7. The number of piperidine rings is 1. The lowest BCUT2D eigenvalue weighted by molar-refractivity contribution is 0.0603. The number of aliphatic imine (C=N–C) groups is 1. The highest BCUT2D eigenvalue weighted by atomic mass is 16.5. The zero-order valence-electron chi connectivity index (χ0n) is 17.3. The Labute approximate surface area is 175 Å². The SMILES string of the molecule is CN=C1OCCN1CCN1C(=O)c2cccc3c(N4CCCCC4)ccc(c23)C1=O. The molecule has 30 heavy (non-hydrogen) atoms. The second-order valence-electron chi connectivity index (χ2n) is 8.01. The average molecular weight is 406 g/mol. The van der Waals surface area contributed by atoms with E-state index in [2.05, 4.69) is 16.0 Å². The summed E-state index contributed by atoms with van der Waals surface area (Å²) in [6, 6.07) is 10.3. The molecular weight excluding hydrogens is 380 g/mol. The van der Waals surface area contributed by atoms with Crippen molar-refractivity contribution in [1.29, 1.82) is 0 Å². The quantitative estimate of drug-likeness (QED) is 0.731. The Balaban J connectivity index is 1.48. The van der Waals surface area contributed by atoms with Gasteiger partial charge in [0.2, 0.25) is 0 Å². The van der Waals surface area contributed by atoms with Crippen LogP contribution in [0, 0.1) is 0 Å². The molecule has 2 fully saturated rings. The average Bonchev–Trinajstić information content (AvgIpc) is 3.25. The number of anilines is 1. The number of benzene rings is 2. The fraction of sp³-hybridized carbons (Fsp3) is 0.435. The van der Waals surface area contributed by atoms with Crippen LogP contribution in [0.15, 0.2) is 35.3 Å². The summed E-state index contributed by atoms with van der Waals surface area (Å²) in [4.78, 5) is 36.4. The molecule has 0 bridgehead atoms. The van der Waals surface area contributed by atoms with Crippen LogP contribution in [-0.4, -0.2) is 74.0 Å². The summed E-state index contributed by atoms with van der Waals surface area (Å²) in [6.45, 7) is 4.16. The predicted octanol–water partition coefficient (Wildman–Crippen LogP) is 2.74. The molecule has 0 saturated carbocycles. The van der Waals surface area contributed by atoms with Gasteiger partial charge in [0.05, 0.1) is 6.54 Å². The fourth-order valence-corrected chi connectivity index (χ4v) is 4.81. The van der Waals surface area contributed by atoms with E-state index < -0.39 is 0 Å². The Bertz CT molecular complexity index is 1020. The Morgan fingerprint density at radius 1 is 0.933 bits per heavy atom. The number of imide groups is 1. The van der Waals surface area contributed by atoms with E-state index in [9.17, 15) is 9.59 Å². The van der Waals surface area contributed by atoms with E-state index in [4.69, 9.17) is 4.74 Å². The van der Waals surface area contributed by atoms with Gasteiger partial charge in [-0.3, -0.25) is 14.5 Å². The van der Waals surface area contributed by atoms with Gasteiger partial charge in [0.1, 0.15) is 6.61 Å². The van der Waals surface area contributed by atoms with E-state index in [0.717, 1.165) is 29.5 Å². The normalized spacial score (nSPS) is 20.4. The molecule has 5 rings (SSSR count). The largest absolute Gasteiger partial charge is 0.463 e. The molecular formula is C23H26N4O3. The van der Waals surface area contributed by atoms with Gasteiger partial charge in [-0.25, -0.2) is 4.99 Å². The van der Waals surface area contributed by atoms with Gasteiger partial charge in [0, 0.05) is 60.8 Å². The first-order valence-electron chi connectivity index (χ1n) is 10.7. The van der Waals surface area contributed by atoms with Crippen molar-refractivity contribution in [3.8, 4) is 0 Å². The smallest absolute Gasteiger partial charge is 0.287 e. The molecule has 3 aliphatic heterocycles. The molecule has 0 aromatic heterocycles. The summed E-state index contributed by atoms with van der Waals surface area (Å²) in [7, 11) is 1.68. The number of amidine groups is 1. The Hall–Kier alpha value is -3.09. The number of hydrogen-bond donors (Lipinski definition) is 0. The maximum absolute atomic E-state index is 13.3. The van der Waals surface area contributed by atoms with E-state index in [1.807, 2.05) is 29.2 Å². The molecule has 0 atom stereocenters. The maximum Gasteiger partial charge on any atom is 0.287 e. The van der Waals surface area contributed by atoms with E-state index in [-0.39, 0.29) is 11.8 Å². The lowest BCUT2D eigenvalue weighted by Gasteiger charge is -2.32. The molecule has 0 unspecified atom stereocenters. The number of rotatable bonds is 4. The van der Waals surface area contributed by atoms with Crippen LogP contribution < -0.4 is 4.90 Å². The highest BCUT2D eigenvalue weighted by Crippen LogP contribution is 2.36. The van der Waals surface area contributed by atoms with Crippen LogP contribution in [0.4, 0.5) is 5.69 Å². The standard InChI is InChI=1S/C23H26N4O3/c1-24-23-26(14-15-30-23)12-13-27-21(28)17-7-5-6-16-19(25-10-3-2-4-11-25)9-8-18(20(16)17)22(27)29/h5-9H,2-4,10-15H2,1H3. The van der Waals surface area contributed by atoms with Crippen molar-refractivity contribution in [2.75, 3.05) is 51.3 Å². The second-order valence-corrected chi connectivity index (χ2v) is 8.01. The van der Waals surface area contributed by atoms with Gasteiger partial charge >= 0.3 is 0 Å². The summed E-state index contributed by atoms with van der Waals surface area (Å²) < 4.78 is 5.46. The monoisotopic (exact) mass is 406 g/mol. The Kier molecular flexibility index (Phi) is 4.81. The first kappa shape index (κ1) is 18.9. The van der Waals surface area contributed by atoms with E-state index in [1.165, 1.54) is 24.2 Å². The van der Waals surface area contributed by atoms with Gasteiger partial charge in [-0.05, 0) is 37.5 Å². The van der Waals surface area contributed by atoms with Crippen LogP contribution in [0.25, 0.3) is 10.8 Å². The van der Waals surface area contributed by atoms with Crippen molar-refractivity contribution in [3.05, 3.63) is 41.5 Å². The zero-order chi connectivity index (χ0) is 20.7. The fourth-order valence-electron chi connectivity index (χ4n) is 4.81. The van der Waals surface area contributed by atoms with E-state index in [0.29, 0.717) is 43.4 Å². The zero-order valence-corrected chi connectivity index (χ0v) is 17.3. The maximum atomic E-state index is 13.3. The minimum absolute atomic E-state index is 0.219. The van der Waals surface area contributed by atoms with Gasteiger partial charge in [-0.1, -0.05) is 12.1 Å². The number of carbonyl (C=O) groups excluding carboxylic acids is 2. The summed E-state index contributed by atoms with van der Waals surface area (Å²) in [5.74, 6) is -0.437. The predicted molar refractivity (Wildman–Crippen MR) is 116 cm³/mol. The molecule has 3 aliphatic rings. The molecule has 2 saturated heterocycles. The van der Waals surface area contributed by atoms with Gasteiger partial charge < -0.3 is 14.5 Å². The Morgan fingerprint density at radius 2 is 1.70 bits per heavy atom. The molecule has 0 aliphatic carbocycles. The van der Waals surface area contributed by atoms with Crippen LogP contribution in [0.3, 0.4) is 0 Å². The van der Waals surface area contributed by atoms with E-state index >= 15 is 0 Å². The summed E-state index contributed by atoms with van der Waals surface area (Å²) in [5, 5.41) is 1.80. The lowest BCUT2D eigenvalue weighted by atomic mass is 9.92.